The van der Waals surface area contributed by atoms with E-state index in [-0.39, 0.29) is 20.0 Å². The van der Waals surface area contributed by atoms with Crippen molar-refractivity contribution in [1.29, 1.82) is 0 Å². The Morgan fingerprint density at radius 1 is 1.16 bits per heavy atom. The van der Waals surface area contributed by atoms with E-state index in [1.54, 1.807) is 12.1 Å². The number of hydrogen-bond donors (Lipinski definition) is 1. The van der Waals surface area contributed by atoms with Crippen molar-refractivity contribution in [3.05, 3.63) is 29.6 Å². The standard InChI is InChI=1S/C12H16NO6/c1-9(14)18-7-12-4-3-11(5-13(12)16)6-17-8-19-10(2)15/h3-5,16H,6-8H2,1-2H3/q+1. The number of esters is 2. The highest BCUT2D eigenvalue weighted by atomic mass is 16.7. The molecule has 0 aliphatic rings. The maximum absolute atomic E-state index is 10.7. The van der Waals surface area contributed by atoms with E-state index in [1.165, 1.54) is 20.0 Å². The van der Waals surface area contributed by atoms with Gasteiger partial charge >= 0.3 is 11.9 Å². The summed E-state index contributed by atoms with van der Waals surface area (Å²) in [5.74, 6) is -0.845. The van der Waals surface area contributed by atoms with Crippen LogP contribution in [-0.2, 0) is 37.0 Å². The summed E-state index contributed by atoms with van der Waals surface area (Å²) in [7, 11) is 0. The fourth-order valence-electron chi connectivity index (χ4n) is 1.22. The smallest absolute Gasteiger partial charge is 0.304 e. The fraction of sp³-hybridized carbons (Fsp3) is 0.417. The lowest BCUT2D eigenvalue weighted by Gasteiger charge is -2.04. The highest BCUT2D eigenvalue weighted by molar-refractivity contribution is 5.66. The number of pyridine rings is 1. The number of carbonyl (C=O) groups is 2. The van der Waals surface area contributed by atoms with Crippen LogP contribution < -0.4 is 4.73 Å². The van der Waals surface area contributed by atoms with Crippen LogP contribution in [0.25, 0.3) is 0 Å². The highest BCUT2D eigenvalue weighted by Crippen LogP contribution is 2.02. The third kappa shape index (κ3) is 5.82. The van der Waals surface area contributed by atoms with E-state index in [0.29, 0.717) is 11.3 Å². The summed E-state index contributed by atoms with van der Waals surface area (Å²) in [6.45, 7) is 2.60. The minimum absolute atomic E-state index is 0.0135. The topological polar surface area (TPSA) is 85.9 Å². The van der Waals surface area contributed by atoms with Crippen molar-refractivity contribution in [2.24, 2.45) is 0 Å². The second-order valence-corrected chi connectivity index (χ2v) is 3.76. The normalized spacial score (nSPS) is 10.0. The second-order valence-electron chi connectivity index (χ2n) is 3.76. The first-order valence-electron chi connectivity index (χ1n) is 5.56. The predicted octanol–water partition coefficient (Wildman–Crippen LogP) is 0.312. The summed E-state index contributed by atoms with van der Waals surface area (Å²) in [6.07, 6.45) is 1.42. The van der Waals surface area contributed by atoms with Crippen LogP contribution >= 0.6 is 0 Å². The van der Waals surface area contributed by atoms with Gasteiger partial charge in [0.25, 0.3) is 5.69 Å². The summed E-state index contributed by atoms with van der Waals surface area (Å²) in [4.78, 5) is 21.1. The Balaban J connectivity index is 2.47. The molecular weight excluding hydrogens is 254 g/mol. The van der Waals surface area contributed by atoms with Crippen molar-refractivity contribution in [2.75, 3.05) is 6.79 Å². The van der Waals surface area contributed by atoms with E-state index in [2.05, 4.69) is 4.74 Å². The van der Waals surface area contributed by atoms with Crippen LogP contribution in [0.15, 0.2) is 18.3 Å². The Bertz CT molecular complexity index is 460. The van der Waals surface area contributed by atoms with Crippen LogP contribution in [0.5, 0.6) is 0 Å². The minimum Gasteiger partial charge on any atom is -0.454 e. The molecule has 0 aromatic carbocycles. The monoisotopic (exact) mass is 270 g/mol. The van der Waals surface area contributed by atoms with Crippen molar-refractivity contribution in [1.82, 2.24) is 0 Å². The molecular formula is C12H16NO6+. The maximum atomic E-state index is 10.7. The molecule has 0 fully saturated rings. The van der Waals surface area contributed by atoms with E-state index in [0.717, 1.165) is 4.73 Å². The van der Waals surface area contributed by atoms with Crippen LogP contribution in [0.2, 0.25) is 0 Å². The lowest BCUT2D eigenvalue weighted by atomic mass is 10.2. The Morgan fingerprint density at radius 2 is 1.84 bits per heavy atom. The summed E-state index contributed by atoms with van der Waals surface area (Å²) >= 11 is 0. The SMILES string of the molecule is CC(=O)OCOCc1ccc(COC(C)=O)[n+](O)c1. The highest BCUT2D eigenvalue weighted by Gasteiger charge is 2.12. The predicted molar refractivity (Wildman–Crippen MR) is 60.7 cm³/mol. The average molecular weight is 270 g/mol. The molecule has 1 aromatic rings. The van der Waals surface area contributed by atoms with Gasteiger partial charge < -0.3 is 14.2 Å². The van der Waals surface area contributed by atoms with Crippen molar-refractivity contribution in [2.45, 2.75) is 27.1 Å². The zero-order chi connectivity index (χ0) is 14.3. The Hall–Kier alpha value is -2.15. The van der Waals surface area contributed by atoms with Gasteiger partial charge in [0.2, 0.25) is 6.20 Å². The zero-order valence-corrected chi connectivity index (χ0v) is 10.8. The average Bonchev–Trinajstić information content (AvgIpc) is 2.33. The van der Waals surface area contributed by atoms with Crippen molar-refractivity contribution in [3.63, 3.8) is 0 Å². The van der Waals surface area contributed by atoms with Crippen molar-refractivity contribution >= 4 is 11.9 Å². The van der Waals surface area contributed by atoms with Crippen LogP contribution in [0.3, 0.4) is 0 Å². The Morgan fingerprint density at radius 3 is 2.42 bits per heavy atom. The quantitative estimate of drug-likeness (QED) is 0.263. The van der Waals surface area contributed by atoms with Crippen LogP contribution in [-0.4, -0.2) is 23.9 Å². The molecule has 1 aromatic heterocycles. The number of carbonyl (C=O) groups excluding carboxylic acids is 2. The van der Waals surface area contributed by atoms with Gasteiger partial charge in [-0.15, -0.1) is 0 Å². The Labute approximate surface area is 110 Å². The van der Waals surface area contributed by atoms with Crippen LogP contribution in [0, 0.1) is 0 Å². The molecule has 0 unspecified atom stereocenters. The third-order valence-corrected chi connectivity index (χ3v) is 2.11. The van der Waals surface area contributed by atoms with Gasteiger partial charge in [-0.1, -0.05) is 0 Å². The molecule has 1 rings (SSSR count). The van der Waals surface area contributed by atoms with Gasteiger partial charge in [-0.3, -0.25) is 14.8 Å². The van der Waals surface area contributed by atoms with Gasteiger partial charge in [0.15, 0.2) is 13.4 Å². The molecule has 1 heterocycles. The summed E-state index contributed by atoms with van der Waals surface area (Å²) in [5.41, 5.74) is 1.11. The minimum atomic E-state index is -0.422. The zero-order valence-electron chi connectivity index (χ0n) is 10.8. The lowest BCUT2D eigenvalue weighted by molar-refractivity contribution is -0.910. The van der Waals surface area contributed by atoms with E-state index in [9.17, 15) is 14.8 Å². The van der Waals surface area contributed by atoms with Gasteiger partial charge in [-0.05, 0) is 6.07 Å². The van der Waals surface area contributed by atoms with E-state index >= 15 is 0 Å². The third-order valence-electron chi connectivity index (χ3n) is 2.11. The van der Waals surface area contributed by atoms with E-state index < -0.39 is 11.9 Å². The molecule has 104 valence electrons. The molecule has 0 saturated carbocycles. The Kier molecular flexibility index (Phi) is 5.74. The molecule has 7 nitrogen and oxygen atoms in total. The van der Waals surface area contributed by atoms with Crippen LogP contribution in [0.1, 0.15) is 25.1 Å². The van der Waals surface area contributed by atoms with Gasteiger partial charge in [0.1, 0.15) is 0 Å². The van der Waals surface area contributed by atoms with Gasteiger partial charge in [-0.2, -0.15) is 0 Å². The second kappa shape index (κ2) is 7.32. The molecule has 0 aliphatic carbocycles. The largest absolute Gasteiger partial charge is 0.454 e. The number of ether oxygens (including phenoxy) is 3. The molecule has 0 radical (unpaired) electrons. The maximum Gasteiger partial charge on any atom is 0.304 e. The van der Waals surface area contributed by atoms with Gasteiger partial charge in [0.05, 0.1) is 6.61 Å². The number of rotatable bonds is 6. The molecule has 0 atom stereocenters. The molecule has 7 heteroatoms. The first-order valence-corrected chi connectivity index (χ1v) is 5.56. The molecule has 0 amide bonds. The molecule has 0 spiro atoms. The molecule has 19 heavy (non-hydrogen) atoms. The molecule has 1 N–H and O–H groups in total. The van der Waals surface area contributed by atoms with Gasteiger partial charge in [-0.25, -0.2) is 0 Å². The van der Waals surface area contributed by atoms with Crippen molar-refractivity contribution in [3.8, 4) is 0 Å². The van der Waals surface area contributed by atoms with Gasteiger partial charge in [0, 0.05) is 30.2 Å². The first-order chi connectivity index (χ1) is 8.99. The summed E-state index contributed by atoms with van der Waals surface area (Å²) in [6, 6.07) is 3.31. The lowest BCUT2D eigenvalue weighted by Crippen LogP contribution is -2.36. The van der Waals surface area contributed by atoms with E-state index in [4.69, 9.17) is 9.47 Å². The number of aromatic nitrogens is 1. The molecule has 0 bridgehead atoms. The molecule has 0 saturated heterocycles. The first kappa shape index (κ1) is 14.9. The van der Waals surface area contributed by atoms with Crippen LogP contribution in [0.4, 0.5) is 0 Å². The summed E-state index contributed by atoms with van der Waals surface area (Å²) < 4.78 is 15.3. The van der Waals surface area contributed by atoms with E-state index in [1.807, 2.05) is 0 Å². The number of hydrogen-bond acceptors (Lipinski definition) is 6. The molecule has 0 aliphatic heterocycles. The number of nitrogens with zero attached hydrogens (tertiary/aromatic N) is 1. The fourth-order valence-corrected chi connectivity index (χ4v) is 1.22. The summed E-state index contributed by atoms with van der Waals surface area (Å²) in [5, 5.41) is 9.63. The van der Waals surface area contributed by atoms with Crippen molar-refractivity contribution < 1.29 is 33.7 Å².